The molecule has 2 aromatic heterocycles. The first-order chi connectivity index (χ1) is 21.7. The van der Waals surface area contributed by atoms with Crippen LogP contribution >= 0.6 is 0 Å². The summed E-state index contributed by atoms with van der Waals surface area (Å²) in [6.07, 6.45) is 1.05. The molecule has 0 saturated heterocycles. The molecule has 0 radical (unpaired) electrons. The van der Waals surface area contributed by atoms with Gasteiger partial charge in [-0.05, 0) is 90.4 Å². The Kier molecular flexibility index (Phi) is 10.0. The Balaban J connectivity index is 2.04. The molecule has 1 unspecified atom stereocenters. The number of imidazole rings is 1. The molecule has 1 N–H and O–H groups in total. The minimum absolute atomic E-state index is 0.103. The summed E-state index contributed by atoms with van der Waals surface area (Å²) in [5.74, 6) is 0.763. The molecular weight excluding hydrogens is 635 g/mol. The normalized spacial score (nSPS) is 13.6. The molecule has 11 nitrogen and oxygen atoms in total. The highest BCUT2D eigenvalue weighted by Crippen LogP contribution is 2.40. The van der Waals surface area contributed by atoms with Crippen LogP contribution in [0.5, 0.6) is 5.75 Å². The van der Waals surface area contributed by atoms with E-state index in [9.17, 15) is 18.5 Å². The van der Waals surface area contributed by atoms with Gasteiger partial charge in [-0.1, -0.05) is 19.6 Å². The van der Waals surface area contributed by atoms with Crippen molar-refractivity contribution < 1.29 is 27.4 Å². The third-order valence-corrected chi connectivity index (χ3v) is 11.6. The second kappa shape index (κ2) is 13.1. The Morgan fingerprint density at radius 3 is 2.36 bits per heavy atom. The minimum atomic E-state index is -3.99. The highest BCUT2D eigenvalue weighted by molar-refractivity contribution is 7.90. The molecule has 4 rings (SSSR count). The van der Waals surface area contributed by atoms with Gasteiger partial charge in [-0.15, -0.1) is 0 Å². The number of rotatable bonds is 10. The number of benzene rings is 2. The first-order valence-electron chi connectivity index (χ1n) is 15.6. The molecule has 13 heteroatoms. The molecule has 1 atom stereocenters. The zero-order valence-electron chi connectivity index (χ0n) is 29.3. The molecule has 0 spiro atoms. The van der Waals surface area contributed by atoms with Crippen molar-refractivity contribution in [2.24, 2.45) is 0 Å². The van der Waals surface area contributed by atoms with E-state index in [1.165, 1.54) is 11.7 Å². The molecule has 0 fully saturated rings. The monoisotopic (exact) mass is 681 g/mol. The Hall–Kier alpha value is -3.70. The van der Waals surface area contributed by atoms with E-state index in [1.807, 2.05) is 11.5 Å². The highest BCUT2D eigenvalue weighted by Gasteiger charge is 2.37. The maximum atomic E-state index is 13.9. The summed E-state index contributed by atoms with van der Waals surface area (Å²) in [5, 5.41) is 10.2. The van der Waals surface area contributed by atoms with Crippen LogP contribution < -0.4 is 9.46 Å². The number of aromatic nitrogens is 3. The number of fused-ring (bicyclic) bond motifs is 2. The van der Waals surface area contributed by atoms with Gasteiger partial charge in [0.1, 0.15) is 29.9 Å². The van der Waals surface area contributed by atoms with Crippen LogP contribution in [-0.2, 0) is 26.2 Å². The van der Waals surface area contributed by atoms with E-state index in [-0.39, 0.29) is 6.73 Å². The van der Waals surface area contributed by atoms with Crippen LogP contribution in [0.25, 0.3) is 21.9 Å². The van der Waals surface area contributed by atoms with E-state index in [2.05, 4.69) is 30.4 Å². The van der Waals surface area contributed by atoms with Crippen molar-refractivity contribution in [2.75, 3.05) is 13.7 Å². The van der Waals surface area contributed by atoms with Gasteiger partial charge < -0.3 is 18.8 Å². The number of nitrogens with zero attached hydrogens (tertiary/aromatic N) is 4. The molecule has 2 aromatic carbocycles. The highest BCUT2D eigenvalue weighted by atomic mass is 32.2. The molecule has 0 aliphatic rings. The molecule has 0 aliphatic heterocycles. The smallest absolute Gasteiger partial charge is 0.419 e. The van der Waals surface area contributed by atoms with Crippen LogP contribution in [0.15, 0.2) is 36.5 Å². The summed E-state index contributed by atoms with van der Waals surface area (Å²) in [5.41, 5.74) is 2.64. The van der Waals surface area contributed by atoms with E-state index in [0.717, 1.165) is 11.6 Å². The maximum absolute atomic E-state index is 13.9. The van der Waals surface area contributed by atoms with Gasteiger partial charge in [-0.3, -0.25) is 4.57 Å². The molecule has 2 heterocycles. The van der Waals surface area contributed by atoms with Gasteiger partial charge in [0, 0.05) is 31.8 Å². The van der Waals surface area contributed by atoms with Crippen molar-refractivity contribution in [3.63, 3.8) is 0 Å². The topological polar surface area (TPSA) is 137 Å². The molecule has 254 valence electrons. The molecule has 4 aromatic rings. The van der Waals surface area contributed by atoms with Crippen LogP contribution in [-0.4, -0.2) is 60.8 Å². The van der Waals surface area contributed by atoms with Crippen LogP contribution in [0.1, 0.15) is 70.1 Å². The van der Waals surface area contributed by atoms with Crippen molar-refractivity contribution in [1.29, 1.82) is 5.26 Å². The number of nitriles is 1. The van der Waals surface area contributed by atoms with Crippen molar-refractivity contribution >= 4 is 46.1 Å². The molecule has 47 heavy (non-hydrogen) atoms. The lowest BCUT2D eigenvalue weighted by Gasteiger charge is -2.28. The zero-order valence-corrected chi connectivity index (χ0v) is 31.1. The fourth-order valence-electron chi connectivity index (χ4n) is 5.14. The summed E-state index contributed by atoms with van der Waals surface area (Å²) in [4.78, 5) is 18.3. The van der Waals surface area contributed by atoms with E-state index < -0.39 is 40.6 Å². The van der Waals surface area contributed by atoms with Crippen molar-refractivity contribution in [3.05, 3.63) is 59.0 Å². The van der Waals surface area contributed by atoms with Crippen molar-refractivity contribution in [2.45, 2.75) is 97.3 Å². The number of hydrogen-bond acceptors (Lipinski definition) is 8. The largest absolute Gasteiger partial charge is 0.496 e. The first-order valence-corrected chi connectivity index (χ1v) is 20.8. The molecular formula is C34H47N5O6SSi. The predicted molar refractivity (Wildman–Crippen MR) is 187 cm³/mol. The number of carbonyl (C=O) groups excluding carboxylic acids is 1. The summed E-state index contributed by atoms with van der Waals surface area (Å²) in [6, 6.07) is 10.7. The fourth-order valence-corrected chi connectivity index (χ4v) is 6.78. The SMILES string of the molecule is COc1cc(C)c2c(ccn2C(=O)OC(C)(C)C)c1C(NS(=O)(=O)C(C)(C)C)c1nc2cc(C#N)ccc2n1COCC[Si](C)(C)C. The lowest BCUT2D eigenvalue weighted by molar-refractivity contribution is 0.0544. The fraction of sp³-hybridized carbons (Fsp3) is 0.500. The first kappa shape index (κ1) is 36.1. The maximum Gasteiger partial charge on any atom is 0.419 e. The van der Waals surface area contributed by atoms with Gasteiger partial charge in [-0.25, -0.2) is 18.2 Å². The zero-order chi connectivity index (χ0) is 35.1. The summed E-state index contributed by atoms with van der Waals surface area (Å²) >= 11 is 0. The number of aryl methyl sites for hydroxylation is 1. The number of sulfonamides is 1. The van der Waals surface area contributed by atoms with Crippen LogP contribution in [0.2, 0.25) is 25.7 Å². The standard InChI is InChI=1S/C34H47N5O6SSi/c1-22-18-27(43-8)28(24-14-15-38(30(22)24)32(40)45-33(2,3)4)29(37-46(41,42)34(5,6)7)31-36-25-19-23(20-35)12-13-26(25)39(31)21-44-16-17-47(9,10)11/h12-15,18-19,29,37H,16-17,21H2,1-11H3. The second-order valence-corrected chi connectivity index (χ2v) is 23.1. The van der Waals surface area contributed by atoms with Crippen LogP contribution in [0, 0.1) is 18.3 Å². The third kappa shape index (κ3) is 7.89. The third-order valence-electron chi connectivity index (χ3n) is 7.72. The van der Waals surface area contributed by atoms with E-state index in [4.69, 9.17) is 19.2 Å². The average molecular weight is 682 g/mol. The van der Waals surface area contributed by atoms with Crippen molar-refractivity contribution in [3.8, 4) is 11.8 Å². The summed E-state index contributed by atoms with van der Waals surface area (Å²) in [6.45, 7) is 19.5. The summed E-state index contributed by atoms with van der Waals surface area (Å²) < 4.78 is 50.7. The number of nitrogens with one attached hydrogen (secondary N) is 1. The van der Waals surface area contributed by atoms with E-state index >= 15 is 0 Å². The second-order valence-electron chi connectivity index (χ2n) is 15.0. The Bertz CT molecular complexity index is 1950. The summed E-state index contributed by atoms with van der Waals surface area (Å²) in [7, 11) is -3.86. The van der Waals surface area contributed by atoms with Gasteiger partial charge >= 0.3 is 6.09 Å². The molecule has 0 saturated carbocycles. The average Bonchev–Trinajstić information content (AvgIpc) is 3.54. The molecule has 0 amide bonds. The van der Waals surface area contributed by atoms with Crippen molar-refractivity contribution in [1.82, 2.24) is 18.8 Å². The lowest BCUT2D eigenvalue weighted by atomic mass is 9.98. The number of hydrogen-bond donors (Lipinski definition) is 1. The van der Waals surface area contributed by atoms with Gasteiger partial charge in [0.2, 0.25) is 10.0 Å². The number of carbonyl (C=O) groups is 1. The Labute approximate surface area is 278 Å². The van der Waals surface area contributed by atoms with Gasteiger partial charge in [-0.2, -0.15) is 9.98 Å². The van der Waals surface area contributed by atoms with Crippen LogP contribution in [0.4, 0.5) is 4.79 Å². The Morgan fingerprint density at radius 1 is 1.11 bits per heavy atom. The molecule has 0 bridgehead atoms. The minimum Gasteiger partial charge on any atom is -0.496 e. The number of methoxy groups -OCH3 is 1. The van der Waals surface area contributed by atoms with Crippen LogP contribution in [0.3, 0.4) is 0 Å². The number of ether oxygens (including phenoxy) is 3. The van der Waals surface area contributed by atoms with E-state index in [0.29, 0.717) is 51.2 Å². The quantitative estimate of drug-likeness (QED) is 0.138. The van der Waals surface area contributed by atoms with Gasteiger partial charge in [0.15, 0.2) is 0 Å². The predicted octanol–water partition coefficient (Wildman–Crippen LogP) is 7.08. The molecule has 0 aliphatic carbocycles. The van der Waals surface area contributed by atoms with Gasteiger partial charge in [0.05, 0.1) is 40.0 Å². The van der Waals surface area contributed by atoms with E-state index in [1.54, 1.807) is 78.1 Å². The Morgan fingerprint density at radius 2 is 1.79 bits per heavy atom. The lowest BCUT2D eigenvalue weighted by Crippen LogP contribution is -2.42. The van der Waals surface area contributed by atoms with Gasteiger partial charge in [0.25, 0.3) is 0 Å².